The normalized spacial score (nSPS) is 11.0. The molecule has 0 aromatic heterocycles. The Morgan fingerprint density at radius 3 is 2.81 bits per heavy atom. The van der Waals surface area contributed by atoms with Crippen molar-refractivity contribution >= 4 is 11.0 Å². The predicted octanol–water partition coefficient (Wildman–Crippen LogP) is 2.60. The lowest BCUT2D eigenvalue weighted by Gasteiger charge is -2.06. The van der Waals surface area contributed by atoms with Crippen molar-refractivity contribution in [1.29, 1.82) is 0 Å². The number of hydrogen-bond donors (Lipinski definition) is 1. The minimum absolute atomic E-state index is 0.0873. The second-order valence-corrected chi connectivity index (χ2v) is 3.63. The van der Waals surface area contributed by atoms with Crippen LogP contribution in [0, 0.1) is 0 Å². The van der Waals surface area contributed by atoms with Gasteiger partial charge in [-0.3, -0.25) is 4.79 Å². The molecule has 1 N–H and O–H groups in total. The summed E-state index contributed by atoms with van der Waals surface area (Å²) in [5, 5.41) is 10.3. The zero-order valence-electron chi connectivity index (χ0n) is 8.31. The van der Waals surface area contributed by atoms with Crippen LogP contribution in [0.2, 0.25) is 0 Å². The highest BCUT2D eigenvalue weighted by atomic mass is 16.3. The second kappa shape index (κ2) is 3.10. The van der Waals surface area contributed by atoms with Crippen LogP contribution in [0.1, 0.15) is 0 Å². The molecule has 1 aliphatic heterocycles. The Morgan fingerprint density at radius 1 is 1.06 bits per heavy atom. The Bertz CT molecular complexity index is 697. The summed E-state index contributed by atoms with van der Waals surface area (Å²) in [4.78, 5) is 11.2. The number of fused-ring (bicyclic) bond motifs is 2. The molecule has 2 aliphatic rings. The number of benzene rings is 2. The van der Waals surface area contributed by atoms with Gasteiger partial charge in [-0.25, -0.2) is 0 Å². The lowest BCUT2D eigenvalue weighted by Crippen LogP contribution is -1.97. The highest BCUT2D eigenvalue weighted by Gasteiger charge is 2.09. The zero-order chi connectivity index (χ0) is 11.1. The van der Waals surface area contributed by atoms with E-state index in [1.165, 1.54) is 12.1 Å². The minimum Gasteiger partial charge on any atom is -0.507 e. The van der Waals surface area contributed by atoms with E-state index in [0.717, 1.165) is 5.56 Å². The van der Waals surface area contributed by atoms with Crippen LogP contribution in [0.15, 0.2) is 51.7 Å². The minimum atomic E-state index is -0.0873. The van der Waals surface area contributed by atoms with E-state index in [9.17, 15) is 9.90 Å². The lowest BCUT2D eigenvalue weighted by molar-refractivity contribution is 0.480. The first-order valence-electron chi connectivity index (χ1n) is 4.90. The van der Waals surface area contributed by atoms with Crippen LogP contribution in [-0.4, -0.2) is 5.11 Å². The third kappa shape index (κ3) is 1.26. The van der Waals surface area contributed by atoms with E-state index in [1.54, 1.807) is 24.3 Å². The van der Waals surface area contributed by atoms with Gasteiger partial charge >= 0.3 is 0 Å². The Hall–Kier alpha value is -2.29. The van der Waals surface area contributed by atoms with E-state index in [4.69, 9.17) is 4.42 Å². The molecule has 3 nitrogen and oxygen atoms in total. The molecule has 0 spiro atoms. The third-order valence-corrected chi connectivity index (χ3v) is 2.55. The molecular formula is C13H8O3. The molecule has 0 radical (unpaired) electrons. The number of rotatable bonds is 0. The Labute approximate surface area is 90.9 Å². The molecule has 0 saturated carbocycles. The first-order chi connectivity index (χ1) is 7.74. The van der Waals surface area contributed by atoms with Crippen molar-refractivity contribution in [1.82, 2.24) is 0 Å². The average molecular weight is 212 g/mol. The summed E-state index contributed by atoms with van der Waals surface area (Å²) in [5.74, 6) is 0.708. The molecule has 1 aromatic carbocycles. The SMILES string of the molecule is O=c1ccc2cc3c(O)cccc3oc-2c1. The van der Waals surface area contributed by atoms with Crippen molar-refractivity contribution < 1.29 is 9.52 Å². The van der Waals surface area contributed by atoms with Gasteiger partial charge in [0.05, 0.1) is 5.39 Å². The van der Waals surface area contributed by atoms with Crippen LogP contribution in [0.25, 0.3) is 22.3 Å². The van der Waals surface area contributed by atoms with E-state index in [1.807, 2.05) is 6.07 Å². The second-order valence-electron chi connectivity index (χ2n) is 3.63. The maximum absolute atomic E-state index is 11.2. The smallest absolute Gasteiger partial charge is 0.182 e. The third-order valence-electron chi connectivity index (χ3n) is 2.55. The van der Waals surface area contributed by atoms with Gasteiger partial charge in [-0.1, -0.05) is 6.07 Å². The van der Waals surface area contributed by atoms with Crippen molar-refractivity contribution in [2.75, 3.05) is 0 Å². The highest BCUT2D eigenvalue weighted by molar-refractivity contribution is 5.87. The summed E-state index contributed by atoms with van der Waals surface area (Å²) in [7, 11) is 0. The monoisotopic (exact) mass is 212 g/mol. The van der Waals surface area contributed by atoms with Crippen LogP contribution in [0.4, 0.5) is 0 Å². The van der Waals surface area contributed by atoms with Crippen molar-refractivity contribution in [2.24, 2.45) is 0 Å². The molecule has 0 bridgehead atoms. The van der Waals surface area contributed by atoms with Gasteiger partial charge < -0.3 is 9.52 Å². The van der Waals surface area contributed by atoms with Crippen LogP contribution in [-0.2, 0) is 0 Å². The topological polar surface area (TPSA) is 50.4 Å². The van der Waals surface area contributed by atoms with E-state index in [-0.39, 0.29) is 11.2 Å². The molecule has 0 unspecified atom stereocenters. The quantitative estimate of drug-likeness (QED) is 0.583. The molecule has 1 heterocycles. The van der Waals surface area contributed by atoms with Crippen molar-refractivity contribution in [3.05, 3.63) is 52.7 Å². The van der Waals surface area contributed by atoms with Crippen LogP contribution < -0.4 is 5.43 Å². The fourth-order valence-corrected chi connectivity index (χ4v) is 1.76. The largest absolute Gasteiger partial charge is 0.507 e. The lowest BCUT2D eigenvalue weighted by atomic mass is 10.1. The summed E-state index contributed by atoms with van der Waals surface area (Å²) in [5.41, 5.74) is 1.28. The van der Waals surface area contributed by atoms with Crippen LogP contribution in [0.3, 0.4) is 0 Å². The van der Waals surface area contributed by atoms with E-state index < -0.39 is 0 Å². The molecule has 16 heavy (non-hydrogen) atoms. The molecular weight excluding hydrogens is 204 g/mol. The van der Waals surface area contributed by atoms with Gasteiger partial charge in [0.15, 0.2) is 5.43 Å². The summed E-state index contributed by atoms with van der Waals surface area (Å²) in [6.45, 7) is 0. The number of aromatic hydroxyl groups is 1. The number of hydrogen-bond acceptors (Lipinski definition) is 3. The van der Waals surface area contributed by atoms with Crippen molar-refractivity contribution in [3.63, 3.8) is 0 Å². The van der Waals surface area contributed by atoms with E-state index in [0.29, 0.717) is 16.7 Å². The fraction of sp³-hybridized carbons (Fsp3) is 0. The van der Waals surface area contributed by atoms with Crippen LogP contribution >= 0.6 is 0 Å². The van der Waals surface area contributed by atoms with Gasteiger partial charge in [0.25, 0.3) is 0 Å². The van der Waals surface area contributed by atoms with Gasteiger partial charge in [0.1, 0.15) is 17.1 Å². The molecule has 1 aromatic rings. The first-order valence-corrected chi connectivity index (χ1v) is 4.90. The van der Waals surface area contributed by atoms with Crippen molar-refractivity contribution in [3.8, 4) is 17.1 Å². The zero-order valence-corrected chi connectivity index (χ0v) is 8.31. The first kappa shape index (κ1) is 8.97. The summed E-state index contributed by atoms with van der Waals surface area (Å²) in [6, 6.07) is 11.5. The maximum Gasteiger partial charge on any atom is 0.182 e. The molecule has 3 heteroatoms. The van der Waals surface area contributed by atoms with Gasteiger partial charge in [-0.2, -0.15) is 0 Å². The summed E-state index contributed by atoms with van der Waals surface area (Å²) < 4.78 is 5.55. The molecule has 0 atom stereocenters. The Kier molecular flexibility index (Phi) is 1.74. The van der Waals surface area contributed by atoms with E-state index in [2.05, 4.69) is 0 Å². The van der Waals surface area contributed by atoms with Crippen molar-refractivity contribution in [2.45, 2.75) is 0 Å². The maximum atomic E-state index is 11.2. The fourth-order valence-electron chi connectivity index (χ4n) is 1.76. The average Bonchev–Trinajstić information content (AvgIpc) is 2.27. The Morgan fingerprint density at radius 2 is 1.94 bits per heavy atom. The standard InChI is InChI=1S/C13H8O3/c14-9-5-4-8-6-10-11(15)2-1-3-12(10)16-13(8)7-9/h1-7,15H. The van der Waals surface area contributed by atoms with Gasteiger partial charge in [-0.15, -0.1) is 0 Å². The molecule has 0 saturated heterocycles. The van der Waals surface area contributed by atoms with E-state index >= 15 is 0 Å². The number of phenolic OH excluding ortho intramolecular Hbond substituents is 1. The predicted molar refractivity (Wildman–Crippen MR) is 60.8 cm³/mol. The number of phenols is 1. The summed E-state index contributed by atoms with van der Waals surface area (Å²) >= 11 is 0. The molecule has 0 fully saturated rings. The molecule has 1 aliphatic carbocycles. The van der Waals surface area contributed by atoms with Gasteiger partial charge in [-0.05, 0) is 30.3 Å². The van der Waals surface area contributed by atoms with Gasteiger partial charge in [0.2, 0.25) is 0 Å². The molecule has 78 valence electrons. The van der Waals surface area contributed by atoms with Crippen LogP contribution in [0.5, 0.6) is 5.75 Å². The summed E-state index contributed by atoms with van der Waals surface area (Å²) in [6.07, 6.45) is 0. The van der Waals surface area contributed by atoms with Gasteiger partial charge in [0, 0.05) is 11.6 Å². The highest BCUT2D eigenvalue weighted by Crippen LogP contribution is 2.31. The molecule has 0 amide bonds. The molecule has 3 rings (SSSR count). The Balaban J connectivity index is 2.50.